The van der Waals surface area contributed by atoms with Crippen molar-refractivity contribution in [3.05, 3.63) is 72.8 Å². The fraction of sp³-hybridized carbons (Fsp3) is 0.182. The monoisotopic (exact) mass is 346 g/mol. The summed E-state index contributed by atoms with van der Waals surface area (Å²) < 4.78 is 0. The van der Waals surface area contributed by atoms with Gasteiger partial charge in [0, 0.05) is 0 Å². The molecule has 0 saturated heterocycles. The van der Waals surface area contributed by atoms with Crippen molar-refractivity contribution in [1.82, 2.24) is 0 Å². The Morgan fingerprint density at radius 2 is 0.833 bits per heavy atom. The number of hydrogen-bond acceptors (Lipinski definition) is 0. The van der Waals surface area contributed by atoms with E-state index in [1.165, 1.54) is 22.3 Å². The summed E-state index contributed by atoms with van der Waals surface area (Å²) in [6.45, 7) is 9.73. The van der Waals surface area contributed by atoms with Crippen LogP contribution in [0, 0.1) is 0 Å². The summed E-state index contributed by atoms with van der Waals surface area (Å²) in [6, 6.07) is 26.8. The molecule has 0 nitrogen and oxygen atoms in total. The summed E-state index contributed by atoms with van der Waals surface area (Å²) in [5.41, 5.74) is 5.66. The molecule has 3 aromatic carbocycles. The van der Waals surface area contributed by atoms with E-state index in [-0.39, 0.29) is 0 Å². The van der Waals surface area contributed by atoms with Crippen LogP contribution in [0.25, 0.3) is 22.3 Å². The first-order valence-corrected chi connectivity index (χ1v) is 14.6. The highest BCUT2D eigenvalue weighted by Gasteiger charge is 2.17. The lowest BCUT2D eigenvalue weighted by Crippen LogP contribution is -2.32. The van der Waals surface area contributed by atoms with E-state index in [9.17, 15) is 0 Å². The molecule has 0 fully saturated rings. The zero-order chi connectivity index (χ0) is 17.1. The Kier molecular flexibility index (Phi) is 5.17. The minimum Gasteiger partial charge on any atom is -0.0682 e. The molecular weight excluding hydrogens is 320 g/mol. The Morgan fingerprint density at radius 3 is 1.12 bits per heavy atom. The second-order valence-electron chi connectivity index (χ2n) is 7.07. The van der Waals surface area contributed by atoms with Crippen molar-refractivity contribution in [2.24, 2.45) is 0 Å². The van der Waals surface area contributed by atoms with Crippen LogP contribution in [0.1, 0.15) is 0 Å². The molecule has 0 radical (unpaired) electrons. The van der Waals surface area contributed by atoms with Crippen molar-refractivity contribution in [2.45, 2.75) is 26.2 Å². The highest BCUT2D eigenvalue weighted by molar-refractivity contribution is 6.74. The Bertz CT molecular complexity index is 735. The van der Waals surface area contributed by atoms with Crippen molar-refractivity contribution < 1.29 is 0 Å². The smallest absolute Gasteiger partial charge is 0.0655 e. The lowest BCUT2D eigenvalue weighted by Gasteiger charge is -2.20. The maximum Gasteiger partial charge on any atom is 0.0655 e. The molecule has 0 N–H and O–H groups in total. The standard InChI is InChI=1S/C22H26Si2/c1-23(2)21-15-20(18-13-9-6-10-14-18)22(24(3)4)16-19(21)17-11-7-5-8-12-17/h5-16,23-24H,1-4H3. The average molecular weight is 347 g/mol. The van der Waals surface area contributed by atoms with Gasteiger partial charge in [0.1, 0.15) is 0 Å². The van der Waals surface area contributed by atoms with Gasteiger partial charge in [-0.1, -0.05) is 109 Å². The van der Waals surface area contributed by atoms with Crippen molar-refractivity contribution in [3.63, 3.8) is 0 Å². The molecule has 122 valence electrons. The van der Waals surface area contributed by atoms with E-state index < -0.39 is 17.6 Å². The van der Waals surface area contributed by atoms with Gasteiger partial charge in [-0.3, -0.25) is 0 Å². The molecule has 24 heavy (non-hydrogen) atoms. The highest BCUT2D eigenvalue weighted by atomic mass is 28.3. The van der Waals surface area contributed by atoms with Gasteiger partial charge in [-0.25, -0.2) is 0 Å². The van der Waals surface area contributed by atoms with Gasteiger partial charge in [0.05, 0.1) is 17.6 Å². The quantitative estimate of drug-likeness (QED) is 0.614. The maximum atomic E-state index is 2.51. The summed E-state index contributed by atoms with van der Waals surface area (Å²) in [4.78, 5) is 0. The third-order valence-corrected chi connectivity index (χ3v) is 8.08. The second kappa shape index (κ2) is 7.33. The second-order valence-corrected chi connectivity index (χ2v) is 12.9. The van der Waals surface area contributed by atoms with Crippen LogP contribution in [0.4, 0.5) is 0 Å². The third kappa shape index (κ3) is 3.45. The van der Waals surface area contributed by atoms with Gasteiger partial charge in [0.25, 0.3) is 0 Å². The third-order valence-electron chi connectivity index (χ3n) is 4.64. The van der Waals surface area contributed by atoms with Gasteiger partial charge in [0.15, 0.2) is 0 Å². The number of hydrogen-bond donors (Lipinski definition) is 0. The van der Waals surface area contributed by atoms with Crippen LogP contribution >= 0.6 is 0 Å². The van der Waals surface area contributed by atoms with Crippen LogP contribution in [0.2, 0.25) is 26.2 Å². The lowest BCUT2D eigenvalue weighted by molar-refractivity contribution is 1.62. The summed E-state index contributed by atoms with van der Waals surface area (Å²) in [6.07, 6.45) is 0. The van der Waals surface area contributed by atoms with E-state index in [0.717, 1.165) is 0 Å². The van der Waals surface area contributed by atoms with Crippen molar-refractivity contribution in [2.75, 3.05) is 0 Å². The summed E-state index contributed by atoms with van der Waals surface area (Å²) in [5.74, 6) is 0. The Balaban J connectivity index is 2.27. The van der Waals surface area contributed by atoms with Crippen molar-refractivity contribution >= 4 is 28.0 Å². The summed E-state index contributed by atoms with van der Waals surface area (Å²) in [5, 5.41) is 3.16. The summed E-state index contributed by atoms with van der Waals surface area (Å²) >= 11 is 0. The Labute approximate surface area is 149 Å². The topological polar surface area (TPSA) is 0 Å². The summed E-state index contributed by atoms with van der Waals surface area (Å²) in [7, 11) is -1.85. The molecule has 0 amide bonds. The molecule has 0 aliphatic rings. The van der Waals surface area contributed by atoms with Gasteiger partial charge in [-0.15, -0.1) is 0 Å². The first kappa shape index (κ1) is 16.9. The van der Waals surface area contributed by atoms with Crippen molar-refractivity contribution in [1.29, 1.82) is 0 Å². The van der Waals surface area contributed by atoms with Crippen LogP contribution < -0.4 is 10.4 Å². The van der Waals surface area contributed by atoms with Crippen LogP contribution in [-0.4, -0.2) is 17.6 Å². The van der Waals surface area contributed by atoms with E-state index in [2.05, 4.69) is 99.0 Å². The van der Waals surface area contributed by atoms with Gasteiger partial charge in [0.2, 0.25) is 0 Å². The highest BCUT2D eigenvalue weighted by Crippen LogP contribution is 2.23. The average Bonchev–Trinajstić information content (AvgIpc) is 2.62. The minimum atomic E-state index is -0.926. The van der Waals surface area contributed by atoms with E-state index in [1.807, 2.05) is 0 Å². The molecule has 2 heteroatoms. The van der Waals surface area contributed by atoms with E-state index in [0.29, 0.717) is 0 Å². The van der Waals surface area contributed by atoms with Gasteiger partial charge < -0.3 is 0 Å². The molecule has 3 aromatic rings. The number of benzene rings is 3. The first-order valence-electron chi connectivity index (χ1n) is 8.86. The predicted octanol–water partition coefficient (Wildman–Crippen LogP) is 4.41. The molecule has 0 aliphatic carbocycles. The molecule has 0 bridgehead atoms. The molecule has 0 spiro atoms. The van der Waals surface area contributed by atoms with Crippen LogP contribution in [0.5, 0.6) is 0 Å². The fourth-order valence-corrected chi connectivity index (χ4v) is 6.07. The lowest BCUT2D eigenvalue weighted by atomic mass is 10.00. The minimum absolute atomic E-state index is 0.926. The molecule has 0 heterocycles. The van der Waals surface area contributed by atoms with E-state index in [1.54, 1.807) is 10.4 Å². The van der Waals surface area contributed by atoms with Crippen LogP contribution in [0.3, 0.4) is 0 Å². The molecule has 0 unspecified atom stereocenters. The van der Waals surface area contributed by atoms with E-state index >= 15 is 0 Å². The predicted molar refractivity (Wildman–Crippen MR) is 114 cm³/mol. The Hall–Kier alpha value is -1.91. The first-order chi connectivity index (χ1) is 11.6. The molecule has 0 atom stereocenters. The normalized spacial score (nSPS) is 11.2. The number of rotatable bonds is 4. The zero-order valence-electron chi connectivity index (χ0n) is 15.1. The van der Waals surface area contributed by atoms with Gasteiger partial charge >= 0.3 is 0 Å². The van der Waals surface area contributed by atoms with Crippen molar-refractivity contribution in [3.8, 4) is 22.3 Å². The molecule has 3 rings (SSSR count). The molecule has 0 aromatic heterocycles. The van der Waals surface area contributed by atoms with E-state index in [4.69, 9.17) is 0 Å². The molecule has 0 saturated carbocycles. The maximum absolute atomic E-state index is 2.51. The SMILES string of the molecule is C[SiH](C)c1cc(-c2ccccc2)c([SiH](C)C)cc1-c1ccccc1. The molecule has 0 aliphatic heterocycles. The molecular formula is C22H26Si2. The Morgan fingerprint density at radius 1 is 0.500 bits per heavy atom. The van der Waals surface area contributed by atoms with Crippen LogP contribution in [-0.2, 0) is 0 Å². The fourth-order valence-electron chi connectivity index (χ4n) is 3.32. The van der Waals surface area contributed by atoms with Crippen LogP contribution in [0.15, 0.2) is 72.8 Å². The van der Waals surface area contributed by atoms with Gasteiger partial charge in [-0.2, -0.15) is 0 Å². The largest absolute Gasteiger partial charge is 0.0682 e. The van der Waals surface area contributed by atoms with Gasteiger partial charge in [-0.05, 0) is 22.3 Å². The zero-order valence-corrected chi connectivity index (χ0v) is 17.4.